The van der Waals surface area contributed by atoms with E-state index in [0.29, 0.717) is 6.04 Å². The summed E-state index contributed by atoms with van der Waals surface area (Å²) in [6.07, 6.45) is 1.06. The van der Waals surface area contributed by atoms with Gasteiger partial charge in [-0.3, -0.25) is 4.79 Å². The van der Waals surface area contributed by atoms with Crippen LogP contribution in [0.25, 0.3) is 0 Å². The molecule has 0 aromatic heterocycles. The minimum atomic E-state index is -0.283. The molecule has 1 amide bonds. The Balaban J connectivity index is 2.41. The van der Waals surface area contributed by atoms with Crippen molar-refractivity contribution in [1.29, 1.82) is 0 Å². The van der Waals surface area contributed by atoms with Crippen molar-refractivity contribution in [1.82, 2.24) is 10.6 Å². The maximum absolute atomic E-state index is 10.6. The normalized spacial score (nSPS) is 27.1. The molecule has 0 saturated carbocycles. The molecule has 1 unspecified atom stereocenters. The summed E-state index contributed by atoms with van der Waals surface area (Å²) in [5, 5.41) is 6.53. The molecule has 0 aromatic rings. The zero-order valence-corrected chi connectivity index (χ0v) is 8.39. The Kier molecular flexibility index (Phi) is 3.27. The predicted molar refractivity (Wildman–Crippen MR) is 52.3 cm³/mol. The summed E-state index contributed by atoms with van der Waals surface area (Å²) in [5.74, 6) is -0.283. The molecule has 1 aliphatic rings. The average molecular weight is 185 g/mol. The summed E-state index contributed by atoms with van der Waals surface area (Å²) in [7, 11) is 0. The van der Waals surface area contributed by atoms with Crippen molar-refractivity contribution in [3.8, 4) is 0 Å². The second-order valence-corrected chi connectivity index (χ2v) is 4.35. The SMILES string of the molecule is CC1(C)CNCCC1NCC(N)=O. The number of nitrogens with two attached hydrogens (primary N) is 1. The highest BCUT2D eigenvalue weighted by Gasteiger charge is 2.31. The molecule has 0 aliphatic carbocycles. The van der Waals surface area contributed by atoms with Crippen LogP contribution >= 0.6 is 0 Å². The van der Waals surface area contributed by atoms with Crippen LogP contribution in [-0.4, -0.2) is 31.6 Å². The molecule has 0 spiro atoms. The van der Waals surface area contributed by atoms with Gasteiger partial charge in [-0.15, -0.1) is 0 Å². The first-order valence-corrected chi connectivity index (χ1v) is 4.75. The Bertz CT molecular complexity index is 191. The second kappa shape index (κ2) is 4.07. The van der Waals surface area contributed by atoms with Crippen molar-refractivity contribution >= 4 is 5.91 Å². The Morgan fingerprint density at radius 3 is 2.92 bits per heavy atom. The third kappa shape index (κ3) is 2.97. The lowest BCUT2D eigenvalue weighted by Crippen LogP contribution is -2.54. The van der Waals surface area contributed by atoms with E-state index in [-0.39, 0.29) is 17.9 Å². The molecule has 4 N–H and O–H groups in total. The van der Waals surface area contributed by atoms with Crippen LogP contribution in [0.5, 0.6) is 0 Å². The topological polar surface area (TPSA) is 67.2 Å². The number of carbonyl (C=O) groups excluding carboxylic acids is 1. The van der Waals surface area contributed by atoms with Gasteiger partial charge in [0.1, 0.15) is 0 Å². The third-order valence-corrected chi connectivity index (χ3v) is 2.66. The maximum Gasteiger partial charge on any atom is 0.231 e. The largest absolute Gasteiger partial charge is 0.369 e. The first kappa shape index (κ1) is 10.5. The average Bonchev–Trinajstić information content (AvgIpc) is 2.01. The third-order valence-electron chi connectivity index (χ3n) is 2.66. The lowest BCUT2D eigenvalue weighted by molar-refractivity contribution is -0.117. The van der Waals surface area contributed by atoms with Crippen molar-refractivity contribution < 1.29 is 4.79 Å². The molecule has 13 heavy (non-hydrogen) atoms. The number of piperidine rings is 1. The highest BCUT2D eigenvalue weighted by atomic mass is 16.1. The number of primary amides is 1. The Hall–Kier alpha value is -0.610. The first-order valence-electron chi connectivity index (χ1n) is 4.75. The smallest absolute Gasteiger partial charge is 0.231 e. The molecule has 4 heteroatoms. The molecule has 76 valence electrons. The molecular weight excluding hydrogens is 166 g/mol. The lowest BCUT2D eigenvalue weighted by atomic mass is 9.80. The number of amides is 1. The zero-order chi connectivity index (χ0) is 9.90. The van der Waals surface area contributed by atoms with E-state index in [4.69, 9.17) is 5.73 Å². The lowest BCUT2D eigenvalue weighted by Gasteiger charge is -2.39. The van der Waals surface area contributed by atoms with Crippen LogP contribution in [0, 0.1) is 5.41 Å². The molecule has 1 aliphatic heterocycles. The molecule has 0 radical (unpaired) electrons. The van der Waals surface area contributed by atoms with Gasteiger partial charge in [0.15, 0.2) is 0 Å². The van der Waals surface area contributed by atoms with E-state index in [9.17, 15) is 4.79 Å². The van der Waals surface area contributed by atoms with Crippen molar-refractivity contribution in [3.05, 3.63) is 0 Å². The van der Waals surface area contributed by atoms with E-state index >= 15 is 0 Å². The van der Waals surface area contributed by atoms with Gasteiger partial charge in [-0.1, -0.05) is 13.8 Å². The molecule has 4 nitrogen and oxygen atoms in total. The van der Waals surface area contributed by atoms with Gasteiger partial charge in [0.05, 0.1) is 6.54 Å². The zero-order valence-electron chi connectivity index (χ0n) is 8.39. The molecule has 1 atom stereocenters. The van der Waals surface area contributed by atoms with Crippen LogP contribution < -0.4 is 16.4 Å². The van der Waals surface area contributed by atoms with E-state index in [0.717, 1.165) is 19.5 Å². The van der Waals surface area contributed by atoms with Gasteiger partial charge in [0, 0.05) is 12.6 Å². The quantitative estimate of drug-likeness (QED) is 0.552. The van der Waals surface area contributed by atoms with Crippen LogP contribution in [-0.2, 0) is 4.79 Å². The molecule has 1 heterocycles. The maximum atomic E-state index is 10.6. The molecule has 0 aromatic carbocycles. The van der Waals surface area contributed by atoms with Crippen molar-refractivity contribution in [2.45, 2.75) is 26.3 Å². The Labute approximate surface area is 79.3 Å². The van der Waals surface area contributed by atoms with Crippen molar-refractivity contribution in [2.24, 2.45) is 11.1 Å². The second-order valence-electron chi connectivity index (χ2n) is 4.35. The van der Waals surface area contributed by atoms with Gasteiger partial charge < -0.3 is 16.4 Å². The summed E-state index contributed by atoms with van der Waals surface area (Å²) in [6, 6.07) is 0.390. The molecule has 1 rings (SSSR count). The standard InChI is InChI=1S/C9H19N3O/c1-9(2)6-11-4-3-7(9)12-5-8(10)13/h7,11-12H,3-6H2,1-2H3,(H2,10,13). The number of carbonyl (C=O) groups is 1. The van der Waals surface area contributed by atoms with E-state index in [1.165, 1.54) is 0 Å². The summed E-state index contributed by atoms with van der Waals surface area (Å²) in [5.41, 5.74) is 5.28. The number of nitrogens with one attached hydrogen (secondary N) is 2. The van der Waals surface area contributed by atoms with Crippen LogP contribution in [0.4, 0.5) is 0 Å². The van der Waals surface area contributed by atoms with Gasteiger partial charge >= 0.3 is 0 Å². The van der Waals surface area contributed by atoms with Gasteiger partial charge in [0.25, 0.3) is 0 Å². The summed E-state index contributed by atoms with van der Waals surface area (Å²) >= 11 is 0. The fraction of sp³-hybridized carbons (Fsp3) is 0.889. The molecule has 1 saturated heterocycles. The molecule has 1 fully saturated rings. The fourth-order valence-corrected chi connectivity index (χ4v) is 1.77. The first-order chi connectivity index (χ1) is 6.02. The molecular formula is C9H19N3O. The van der Waals surface area contributed by atoms with E-state index in [1.54, 1.807) is 0 Å². The van der Waals surface area contributed by atoms with Crippen LogP contribution in [0.2, 0.25) is 0 Å². The Morgan fingerprint density at radius 2 is 2.38 bits per heavy atom. The number of hydrogen-bond donors (Lipinski definition) is 3. The summed E-state index contributed by atoms with van der Waals surface area (Å²) in [4.78, 5) is 10.6. The number of hydrogen-bond acceptors (Lipinski definition) is 3. The predicted octanol–water partition coefficient (Wildman–Crippen LogP) is -0.551. The van der Waals surface area contributed by atoms with Gasteiger partial charge in [0.2, 0.25) is 5.91 Å². The van der Waals surface area contributed by atoms with Gasteiger partial charge in [-0.2, -0.15) is 0 Å². The van der Waals surface area contributed by atoms with Crippen molar-refractivity contribution in [2.75, 3.05) is 19.6 Å². The van der Waals surface area contributed by atoms with Crippen LogP contribution in [0.15, 0.2) is 0 Å². The van der Waals surface area contributed by atoms with E-state index < -0.39 is 0 Å². The van der Waals surface area contributed by atoms with Crippen LogP contribution in [0.1, 0.15) is 20.3 Å². The fourth-order valence-electron chi connectivity index (χ4n) is 1.77. The highest BCUT2D eigenvalue weighted by Crippen LogP contribution is 2.24. The molecule has 0 bridgehead atoms. The summed E-state index contributed by atoms with van der Waals surface area (Å²) < 4.78 is 0. The van der Waals surface area contributed by atoms with Crippen molar-refractivity contribution in [3.63, 3.8) is 0 Å². The van der Waals surface area contributed by atoms with E-state index in [2.05, 4.69) is 24.5 Å². The van der Waals surface area contributed by atoms with E-state index in [1.807, 2.05) is 0 Å². The van der Waals surface area contributed by atoms with Crippen LogP contribution in [0.3, 0.4) is 0 Å². The highest BCUT2D eigenvalue weighted by molar-refractivity contribution is 5.75. The number of rotatable bonds is 3. The minimum absolute atomic E-state index is 0.202. The van der Waals surface area contributed by atoms with Gasteiger partial charge in [-0.25, -0.2) is 0 Å². The summed E-state index contributed by atoms with van der Waals surface area (Å²) in [6.45, 7) is 6.67. The minimum Gasteiger partial charge on any atom is -0.369 e. The van der Waals surface area contributed by atoms with Gasteiger partial charge in [-0.05, 0) is 18.4 Å². The Morgan fingerprint density at radius 1 is 1.69 bits per heavy atom. The monoisotopic (exact) mass is 185 g/mol.